The molecule has 0 radical (unpaired) electrons. The molecule has 2 rings (SSSR count). The number of anilines is 1. The van der Waals surface area contributed by atoms with Crippen molar-refractivity contribution in [1.29, 1.82) is 0 Å². The van der Waals surface area contributed by atoms with Gasteiger partial charge in [0.1, 0.15) is 0 Å². The summed E-state index contributed by atoms with van der Waals surface area (Å²) in [6.07, 6.45) is 2.62. The second-order valence-electron chi connectivity index (χ2n) is 6.19. The summed E-state index contributed by atoms with van der Waals surface area (Å²) >= 11 is 0. The minimum atomic E-state index is 0.0249. The number of carbonyl (C=O) groups is 2. The van der Waals surface area contributed by atoms with Crippen LogP contribution in [0.4, 0.5) is 5.69 Å². The second-order valence-corrected chi connectivity index (χ2v) is 6.19. The maximum Gasteiger partial charge on any atom is 0.241 e. The lowest BCUT2D eigenvalue weighted by Crippen LogP contribution is -2.33. The summed E-state index contributed by atoms with van der Waals surface area (Å²) in [5, 5.41) is 6.00. The smallest absolute Gasteiger partial charge is 0.241 e. The lowest BCUT2D eigenvalue weighted by molar-refractivity contribution is -0.128. The van der Waals surface area contributed by atoms with Crippen molar-refractivity contribution in [2.45, 2.75) is 45.2 Å². The summed E-state index contributed by atoms with van der Waals surface area (Å²) in [4.78, 5) is 25.4. The van der Waals surface area contributed by atoms with Gasteiger partial charge < -0.3 is 15.5 Å². The number of hydrogen-bond donors (Lipinski definition) is 2. The number of benzene rings is 1. The topological polar surface area (TPSA) is 61.4 Å². The van der Waals surface area contributed by atoms with E-state index in [4.69, 9.17) is 0 Å². The average Bonchev–Trinajstić information content (AvgIpc) is 3.29. The second kappa shape index (κ2) is 7.29. The van der Waals surface area contributed by atoms with Gasteiger partial charge >= 0.3 is 0 Å². The van der Waals surface area contributed by atoms with Crippen LogP contribution in [0.3, 0.4) is 0 Å². The van der Waals surface area contributed by atoms with E-state index in [1.807, 2.05) is 50.1 Å². The van der Waals surface area contributed by atoms with Gasteiger partial charge in [0.25, 0.3) is 0 Å². The minimum Gasteiger partial charge on any atom is -0.376 e. The van der Waals surface area contributed by atoms with Gasteiger partial charge in [-0.1, -0.05) is 12.1 Å². The van der Waals surface area contributed by atoms with Crippen molar-refractivity contribution in [3.05, 3.63) is 29.8 Å². The SMILES string of the molecule is CC(C)NC(=O)Cc1ccc(NCC(=O)N(C)C2CC2)cc1. The lowest BCUT2D eigenvalue weighted by atomic mass is 10.1. The molecule has 2 amide bonds. The van der Waals surface area contributed by atoms with Crippen LogP contribution < -0.4 is 10.6 Å². The van der Waals surface area contributed by atoms with E-state index < -0.39 is 0 Å². The van der Waals surface area contributed by atoms with E-state index >= 15 is 0 Å². The Morgan fingerprint density at radius 1 is 1.23 bits per heavy atom. The predicted octanol–water partition coefficient (Wildman–Crippen LogP) is 1.79. The first kappa shape index (κ1) is 16.3. The van der Waals surface area contributed by atoms with Crippen LogP contribution in [0.1, 0.15) is 32.3 Å². The predicted molar refractivity (Wildman–Crippen MR) is 87.7 cm³/mol. The van der Waals surface area contributed by atoms with Gasteiger partial charge in [-0.2, -0.15) is 0 Å². The van der Waals surface area contributed by atoms with Gasteiger partial charge in [0, 0.05) is 24.8 Å². The average molecular weight is 303 g/mol. The van der Waals surface area contributed by atoms with E-state index in [9.17, 15) is 9.59 Å². The van der Waals surface area contributed by atoms with Crippen LogP contribution in [-0.4, -0.2) is 42.4 Å². The van der Waals surface area contributed by atoms with E-state index in [0.717, 1.165) is 24.1 Å². The molecule has 0 bridgehead atoms. The van der Waals surface area contributed by atoms with Gasteiger partial charge in [-0.25, -0.2) is 0 Å². The van der Waals surface area contributed by atoms with Crippen molar-refractivity contribution in [3.63, 3.8) is 0 Å². The molecule has 0 saturated heterocycles. The molecule has 0 spiro atoms. The van der Waals surface area contributed by atoms with Crippen molar-refractivity contribution in [3.8, 4) is 0 Å². The molecule has 5 heteroatoms. The molecule has 0 aromatic heterocycles. The van der Waals surface area contributed by atoms with E-state index in [-0.39, 0.29) is 17.9 Å². The van der Waals surface area contributed by atoms with Gasteiger partial charge in [0.15, 0.2) is 0 Å². The number of rotatable bonds is 7. The molecule has 1 aromatic carbocycles. The third-order valence-corrected chi connectivity index (χ3v) is 3.70. The molecular formula is C17H25N3O2. The van der Waals surface area contributed by atoms with Crippen LogP contribution in [-0.2, 0) is 16.0 Å². The molecule has 1 aliphatic rings. The Kier molecular flexibility index (Phi) is 5.41. The zero-order valence-corrected chi connectivity index (χ0v) is 13.6. The number of carbonyl (C=O) groups excluding carboxylic acids is 2. The highest BCUT2D eigenvalue weighted by Gasteiger charge is 2.29. The van der Waals surface area contributed by atoms with Gasteiger partial charge in [-0.15, -0.1) is 0 Å². The number of likely N-dealkylation sites (N-methyl/N-ethyl adjacent to an activating group) is 1. The first-order chi connectivity index (χ1) is 10.5. The van der Waals surface area contributed by atoms with Crippen LogP contribution in [0.25, 0.3) is 0 Å². The molecule has 0 atom stereocenters. The van der Waals surface area contributed by atoms with Crippen molar-refractivity contribution in [2.75, 3.05) is 18.9 Å². The maximum absolute atomic E-state index is 11.9. The quantitative estimate of drug-likeness (QED) is 0.807. The van der Waals surface area contributed by atoms with Crippen LogP contribution in [0.2, 0.25) is 0 Å². The highest BCUT2D eigenvalue weighted by atomic mass is 16.2. The number of amides is 2. The van der Waals surface area contributed by atoms with Crippen molar-refractivity contribution >= 4 is 17.5 Å². The summed E-state index contributed by atoms with van der Waals surface area (Å²) in [7, 11) is 1.86. The normalized spacial score (nSPS) is 13.8. The Labute approximate surface area is 132 Å². The van der Waals surface area contributed by atoms with Gasteiger partial charge in [0.05, 0.1) is 13.0 Å². The van der Waals surface area contributed by atoms with Crippen molar-refractivity contribution in [2.24, 2.45) is 0 Å². The van der Waals surface area contributed by atoms with Gasteiger partial charge in [0.2, 0.25) is 11.8 Å². The molecule has 120 valence electrons. The molecule has 22 heavy (non-hydrogen) atoms. The molecule has 0 unspecified atom stereocenters. The first-order valence-corrected chi connectivity index (χ1v) is 7.83. The van der Waals surface area contributed by atoms with Crippen molar-refractivity contribution < 1.29 is 9.59 Å². The highest BCUT2D eigenvalue weighted by Crippen LogP contribution is 2.25. The Morgan fingerprint density at radius 2 is 1.86 bits per heavy atom. The highest BCUT2D eigenvalue weighted by molar-refractivity contribution is 5.81. The number of hydrogen-bond acceptors (Lipinski definition) is 3. The Hall–Kier alpha value is -2.04. The van der Waals surface area contributed by atoms with Crippen LogP contribution >= 0.6 is 0 Å². The fourth-order valence-electron chi connectivity index (χ4n) is 2.27. The molecule has 1 saturated carbocycles. The fourth-order valence-corrected chi connectivity index (χ4v) is 2.27. The molecule has 1 aliphatic carbocycles. The standard InChI is InChI=1S/C17H25N3O2/c1-12(2)19-16(21)10-13-4-6-14(7-5-13)18-11-17(22)20(3)15-8-9-15/h4-7,12,15,18H,8-11H2,1-3H3,(H,19,21). The molecule has 1 fully saturated rings. The summed E-state index contributed by atoms with van der Waals surface area (Å²) in [5.74, 6) is 0.139. The molecule has 1 aromatic rings. The summed E-state index contributed by atoms with van der Waals surface area (Å²) in [5.41, 5.74) is 1.86. The third kappa shape index (κ3) is 5.06. The van der Waals surface area contributed by atoms with Crippen LogP contribution in [0.5, 0.6) is 0 Å². The van der Waals surface area contributed by atoms with E-state index in [1.54, 1.807) is 0 Å². The van der Waals surface area contributed by atoms with Gasteiger partial charge in [-0.05, 0) is 44.4 Å². The van der Waals surface area contributed by atoms with Crippen molar-refractivity contribution in [1.82, 2.24) is 10.2 Å². The van der Waals surface area contributed by atoms with E-state index in [1.165, 1.54) is 0 Å². The molecule has 5 nitrogen and oxygen atoms in total. The summed E-state index contributed by atoms with van der Waals surface area (Å²) in [6.45, 7) is 4.20. The van der Waals surface area contributed by atoms with Gasteiger partial charge in [-0.3, -0.25) is 9.59 Å². The van der Waals surface area contributed by atoms with E-state index in [2.05, 4.69) is 10.6 Å². The number of nitrogens with one attached hydrogen (secondary N) is 2. The van der Waals surface area contributed by atoms with Crippen LogP contribution in [0, 0.1) is 0 Å². The summed E-state index contributed by atoms with van der Waals surface area (Å²) < 4.78 is 0. The Bertz CT molecular complexity index is 521. The first-order valence-electron chi connectivity index (χ1n) is 7.83. The minimum absolute atomic E-state index is 0.0249. The summed E-state index contributed by atoms with van der Waals surface area (Å²) in [6, 6.07) is 8.23. The van der Waals surface area contributed by atoms with E-state index in [0.29, 0.717) is 19.0 Å². The molecule has 0 aliphatic heterocycles. The molecular weight excluding hydrogens is 278 g/mol. The zero-order valence-electron chi connectivity index (χ0n) is 13.6. The Morgan fingerprint density at radius 3 is 2.41 bits per heavy atom. The third-order valence-electron chi connectivity index (χ3n) is 3.70. The number of nitrogens with zero attached hydrogens (tertiary/aromatic N) is 1. The Balaban J connectivity index is 1.78. The lowest BCUT2D eigenvalue weighted by Gasteiger charge is -2.17. The monoisotopic (exact) mass is 303 g/mol. The fraction of sp³-hybridized carbons (Fsp3) is 0.529. The van der Waals surface area contributed by atoms with Crippen LogP contribution in [0.15, 0.2) is 24.3 Å². The molecule has 2 N–H and O–H groups in total. The largest absolute Gasteiger partial charge is 0.376 e. The maximum atomic E-state index is 11.9. The zero-order chi connectivity index (χ0) is 16.1. The molecule has 0 heterocycles.